The summed E-state index contributed by atoms with van der Waals surface area (Å²) in [5, 5.41) is 2.56. The minimum absolute atomic E-state index is 0.0289. The van der Waals surface area contributed by atoms with Crippen LogP contribution in [0.5, 0.6) is 0 Å². The van der Waals surface area contributed by atoms with Crippen molar-refractivity contribution < 1.29 is 17.6 Å². The van der Waals surface area contributed by atoms with Gasteiger partial charge in [-0.3, -0.25) is 4.79 Å². The van der Waals surface area contributed by atoms with Gasteiger partial charge in [0.05, 0.1) is 5.69 Å². The summed E-state index contributed by atoms with van der Waals surface area (Å²) in [4.78, 5) is 10.4. The molecular formula is C11H13ClFN3O3S. The molecule has 0 saturated carbocycles. The van der Waals surface area contributed by atoms with Crippen molar-refractivity contribution in [3.63, 3.8) is 0 Å². The van der Waals surface area contributed by atoms with E-state index in [0.29, 0.717) is 6.42 Å². The predicted molar refractivity (Wildman–Crippen MR) is 72.2 cm³/mol. The highest BCUT2D eigenvalue weighted by Gasteiger charge is 2.27. The molecule has 4 N–H and O–H groups in total. The maximum absolute atomic E-state index is 13.8. The molecule has 1 heterocycles. The highest BCUT2D eigenvalue weighted by Crippen LogP contribution is 2.25. The van der Waals surface area contributed by atoms with E-state index >= 15 is 0 Å². The van der Waals surface area contributed by atoms with Crippen LogP contribution in [0.25, 0.3) is 0 Å². The molecule has 1 aromatic rings. The van der Waals surface area contributed by atoms with E-state index in [4.69, 9.17) is 17.3 Å². The molecular weight excluding hydrogens is 309 g/mol. The van der Waals surface area contributed by atoms with Crippen LogP contribution in [0, 0.1) is 5.82 Å². The molecule has 1 amide bonds. The Morgan fingerprint density at radius 3 is 2.75 bits per heavy atom. The minimum atomic E-state index is -4.09. The van der Waals surface area contributed by atoms with Crippen LogP contribution in [0.3, 0.4) is 0 Å². The Labute approximate surface area is 120 Å². The number of anilines is 1. The Morgan fingerprint density at radius 1 is 1.45 bits per heavy atom. The smallest absolute Gasteiger partial charge is 0.243 e. The van der Waals surface area contributed by atoms with Gasteiger partial charge in [0.2, 0.25) is 15.9 Å². The van der Waals surface area contributed by atoms with Crippen molar-refractivity contribution >= 4 is 33.2 Å². The molecule has 110 valence electrons. The number of carbonyl (C=O) groups is 1. The standard InChI is InChI=1S/C11H13ClFN3O3S/c12-6-3-8(14)11(13)9(4-6)20(18,19)16-7-1-2-10(17)15-5-7/h3-4,7,16H,1-2,5,14H2,(H,15,17). The normalized spacial score (nSPS) is 19.7. The van der Waals surface area contributed by atoms with Gasteiger partial charge in [-0.2, -0.15) is 0 Å². The molecule has 0 aliphatic carbocycles. The number of amides is 1. The van der Waals surface area contributed by atoms with E-state index in [1.54, 1.807) is 0 Å². The van der Waals surface area contributed by atoms with E-state index in [2.05, 4.69) is 10.0 Å². The average molecular weight is 322 g/mol. The Hall–Kier alpha value is -1.38. The molecule has 0 aromatic heterocycles. The fourth-order valence-electron chi connectivity index (χ4n) is 1.90. The van der Waals surface area contributed by atoms with Crippen LogP contribution in [-0.2, 0) is 14.8 Å². The molecule has 1 aromatic carbocycles. The zero-order valence-electron chi connectivity index (χ0n) is 10.3. The second-order valence-corrected chi connectivity index (χ2v) is 6.59. The van der Waals surface area contributed by atoms with Gasteiger partial charge >= 0.3 is 0 Å². The van der Waals surface area contributed by atoms with Crippen molar-refractivity contribution in [2.45, 2.75) is 23.8 Å². The largest absolute Gasteiger partial charge is 0.396 e. The summed E-state index contributed by atoms with van der Waals surface area (Å²) in [5.41, 5.74) is 5.02. The van der Waals surface area contributed by atoms with Crippen LogP contribution < -0.4 is 15.8 Å². The molecule has 2 rings (SSSR count). The SMILES string of the molecule is Nc1cc(Cl)cc(S(=O)(=O)NC2CCC(=O)NC2)c1F. The summed E-state index contributed by atoms with van der Waals surface area (Å²) in [7, 11) is -4.09. The lowest BCUT2D eigenvalue weighted by molar-refractivity contribution is -0.122. The van der Waals surface area contributed by atoms with Crippen LogP contribution >= 0.6 is 11.6 Å². The number of benzene rings is 1. The number of halogens is 2. The Balaban J connectivity index is 2.25. The molecule has 20 heavy (non-hydrogen) atoms. The molecule has 1 atom stereocenters. The van der Waals surface area contributed by atoms with E-state index < -0.39 is 26.8 Å². The number of nitrogens with one attached hydrogen (secondary N) is 2. The maximum atomic E-state index is 13.8. The van der Waals surface area contributed by atoms with Crippen LogP contribution in [0.15, 0.2) is 17.0 Å². The Bertz CT molecular complexity index is 641. The van der Waals surface area contributed by atoms with Crippen molar-refractivity contribution in [2.75, 3.05) is 12.3 Å². The van der Waals surface area contributed by atoms with Gasteiger partial charge < -0.3 is 11.1 Å². The summed E-state index contributed by atoms with van der Waals surface area (Å²) in [5.74, 6) is -1.18. The first-order valence-electron chi connectivity index (χ1n) is 5.83. The lowest BCUT2D eigenvalue weighted by atomic mass is 10.1. The Kier molecular flexibility index (Phi) is 4.17. The van der Waals surface area contributed by atoms with Gasteiger partial charge in [-0.15, -0.1) is 0 Å². The molecule has 1 fully saturated rings. The van der Waals surface area contributed by atoms with Gasteiger partial charge in [0.25, 0.3) is 0 Å². The third-order valence-corrected chi connectivity index (χ3v) is 4.65. The fourth-order valence-corrected chi connectivity index (χ4v) is 3.59. The predicted octanol–water partition coefficient (Wildman–Crippen LogP) is 0.618. The zero-order valence-corrected chi connectivity index (χ0v) is 11.9. The number of sulfonamides is 1. The summed E-state index contributed by atoms with van der Waals surface area (Å²) in [6.45, 7) is 0.162. The quantitative estimate of drug-likeness (QED) is 0.710. The molecule has 1 aliphatic heterocycles. The van der Waals surface area contributed by atoms with Crippen molar-refractivity contribution in [1.82, 2.24) is 10.0 Å². The van der Waals surface area contributed by atoms with Gasteiger partial charge in [-0.25, -0.2) is 17.5 Å². The number of carbonyl (C=O) groups excluding carboxylic acids is 1. The molecule has 1 unspecified atom stereocenters. The second kappa shape index (κ2) is 5.55. The van der Waals surface area contributed by atoms with Crippen molar-refractivity contribution in [3.8, 4) is 0 Å². The molecule has 0 bridgehead atoms. The van der Waals surface area contributed by atoms with Crippen LogP contribution in [0.2, 0.25) is 5.02 Å². The molecule has 1 aliphatic rings. The number of hydrogen-bond donors (Lipinski definition) is 3. The molecule has 6 nitrogen and oxygen atoms in total. The minimum Gasteiger partial charge on any atom is -0.396 e. The monoisotopic (exact) mass is 321 g/mol. The van der Waals surface area contributed by atoms with Gasteiger partial charge in [0, 0.05) is 24.0 Å². The van der Waals surface area contributed by atoms with Gasteiger partial charge in [-0.1, -0.05) is 11.6 Å². The summed E-state index contributed by atoms with van der Waals surface area (Å²) in [6, 6.07) is 1.64. The van der Waals surface area contributed by atoms with E-state index in [1.165, 1.54) is 0 Å². The summed E-state index contributed by atoms with van der Waals surface area (Å²) >= 11 is 5.69. The van der Waals surface area contributed by atoms with E-state index in [9.17, 15) is 17.6 Å². The molecule has 0 radical (unpaired) electrons. The Morgan fingerprint density at radius 2 is 2.15 bits per heavy atom. The fraction of sp³-hybridized carbons (Fsp3) is 0.364. The van der Waals surface area contributed by atoms with Gasteiger partial charge in [0.15, 0.2) is 5.82 Å². The number of piperidine rings is 1. The number of nitrogens with two attached hydrogens (primary N) is 1. The van der Waals surface area contributed by atoms with Gasteiger partial charge in [-0.05, 0) is 18.6 Å². The van der Waals surface area contributed by atoms with E-state index in [-0.39, 0.29) is 29.6 Å². The second-order valence-electron chi connectivity index (χ2n) is 4.47. The summed E-state index contributed by atoms with van der Waals surface area (Å²) in [6.07, 6.45) is 0.566. The highest BCUT2D eigenvalue weighted by atomic mass is 35.5. The van der Waals surface area contributed by atoms with Gasteiger partial charge in [0.1, 0.15) is 4.90 Å². The first-order valence-corrected chi connectivity index (χ1v) is 7.69. The topological polar surface area (TPSA) is 101 Å². The third kappa shape index (κ3) is 3.20. The molecule has 9 heteroatoms. The van der Waals surface area contributed by atoms with E-state index in [1.807, 2.05) is 0 Å². The third-order valence-electron chi connectivity index (χ3n) is 2.91. The number of nitrogen functional groups attached to an aromatic ring is 1. The number of hydrogen-bond acceptors (Lipinski definition) is 4. The first-order chi connectivity index (χ1) is 9.29. The lowest BCUT2D eigenvalue weighted by Crippen LogP contribution is -2.47. The van der Waals surface area contributed by atoms with Crippen molar-refractivity contribution in [1.29, 1.82) is 0 Å². The van der Waals surface area contributed by atoms with Crippen molar-refractivity contribution in [3.05, 3.63) is 23.0 Å². The first kappa shape index (κ1) is 15.0. The van der Waals surface area contributed by atoms with Crippen LogP contribution in [0.1, 0.15) is 12.8 Å². The van der Waals surface area contributed by atoms with Crippen molar-refractivity contribution in [2.24, 2.45) is 0 Å². The van der Waals surface area contributed by atoms with Crippen LogP contribution in [0.4, 0.5) is 10.1 Å². The zero-order chi connectivity index (χ0) is 14.9. The van der Waals surface area contributed by atoms with Crippen LogP contribution in [-0.4, -0.2) is 26.9 Å². The highest BCUT2D eigenvalue weighted by molar-refractivity contribution is 7.89. The lowest BCUT2D eigenvalue weighted by Gasteiger charge is -2.23. The van der Waals surface area contributed by atoms with E-state index in [0.717, 1.165) is 12.1 Å². The molecule has 1 saturated heterocycles. The number of rotatable bonds is 3. The average Bonchev–Trinajstić information content (AvgIpc) is 2.36. The maximum Gasteiger partial charge on any atom is 0.243 e. The molecule has 0 spiro atoms. The summed E-state index contributed by atoms with van der Waals surface area (Å²) < 4.78 is 40.4.